The minimum Gasteiger partial charge on any atom is -0.480 e. The van der Waals surface area contributed by atoms with E-state index in [0.29, 0.717) is 11.4 Å². The number of aliphatic carboxylic acids is 1. The molecule has 0 amide bonds. The van der Waals surface area contributed by atoms with Gasteiger partial charge >= 0.3 is 5.97 Å². The van der Waals surface area contributed by atoms with E-state index >= 15 is 0 Å². The molecule has 0 saturated carbocycles. The van der Waals surface area contributed by atoms with Crippen LogP contribution in [0.15, 0.2) is 18.3 Å². The quantitative estimate of drug-likeness (QED) is 0.620. The van der Waals surface area contributed by atoms with Crippen molar-refractivity contribution in [3.63, 3.8) is 0 Å². The fraction of sp³-hybridized carbons (Fsp3) is 0.250. The van der Waals surface area contributed by atoms with Gasteiger partial charge in [-0.05, 0) is 11.6 Å². The van der Waals surface area contributed by atoms with Gasteiger partial charge < -0.3 is 16.2 Å². The number of nitrogens with two attached hydrogens (primary N) is 1. The summed E-state index contributed by atoms with van der Waals surface area (Å²) in [5, 5.41) is 11.4. The number of nitrogens with one attached hydrogen (secondary N) is 1. The predicted molar refractivity (Wildman–Crippen MR) is 48.3 cm³/mol. The largest absolute Gasteiger partial charge is 0.480 e. The topological polar surface area (TPSA) is 88.2 Å². The van der Waals surface area contributed by atoms with Crippen molar-refractivity contribution < 1.29 is 9.90 Å². The van der Waals surface area contributed by atoms with Crippen LogP contribution in [0.4, 0.5) is 5.82 Å². The summed E-state index contributed by atoms with van der Waals surface area (Å²) in [4.78, 5) is 14.4. The van der Waals surface area contributed by atoms with E-state index in [0.717, 1.165) is 0 Å². The molecule has 0 bridgehead atoms. The number of carbonyl (C=O) groups is 1. The molecule has 0 aliphatic heterocycles. The maximum atomic E-state index is 10.5. The Morgan fingerprint density at radius 3 is 2.77 bits per heavy atom. The van der Waals surface area contributed by atoms with Gasteiger partial charge in [-0.25, -0.2) is 4.98 Å². The molecular formula is C8H11N3O2. The van der Waals surface area contributed by atoms with E-state index in [2.05, 4.69) is 10.3 Å². The first kappa shape index (κ1) is 9.47. The molecule has 0 aliphatic rings. The molecule has 0 unspecified atom stereocenters. The van der Waals surface area contributed by atoms with Crippen molar-refractivity contribution >= 4 is 11.8 Å². The summed E-state index contributed by atoms with van der Waals surface area (Å²) in [5.74, 6) is -0.375. The molecule has 70 valence electrons. The van der Waals surface area contributed by atoms with E-state index in [-0.39, 0.29) is 0 Å². The van der Waals surface area contributed by atoms with Gasteiger partial charge in [0.15, 0.2) is 0 Å². The van der Waals surface area contributed by atoms with Gasteiger partial charge in [-0.2, -0.15) is 0 Å². The summed E-state index contributed by atoms with van der Waals surface area (Å²) >= 11 is 0. The van der Waals surface area contributed by atoms with Crippen LogP contribution in [0.3, 0.4) is 0 Å². The Kier molecular flexibility index (Phi) is 2.81. The van der Waals surface area contributed by atoms with Crippen LogP contribution >= 0.6 is 0 Å². The summed E-state index contributed by atoms with van der Waals surface area (Å²) in [6.45, 7) is 0. The van der Waals surface area contributed by atoms with Gasteiger partial charge in [0, 0.05) is 13.2 Å². The third-order valence-corrected chi connectivity index (χ3v) is 1.67. The number of rotatable bonds is 3. The molecule has 0 fully saturated rings. The van der Waals surface area contributed by atoms with Crippen molar-refractivity contribution in [2.24, 2.45) is 5.73 Å². The molecule has 4 N–H and O–H groups in total. The molecule has 5 heteroatoms. The Labute approximate surface area is 75.6 Å². The molecule has 1 aromatic heterocycles. The minimum atomic E-state index is -1.06. The molecule has 5 nitrogen and oxygen atoms in total. The summed E-state index contributed by atoms with van der Waals surface area (Å²) in [6.07, 6.45) is 1.45. The SMILES string of the molecule is CNc1ccc([C@@H](N)C(=O)O)cn1. The lowest BCUT2D eigenvalue weighted by molar-refractivity contribution is -0.138. The monoisotopic (exact) mass is 181 g/mol. The first-order valence-electron chi connectivity index (χ1n) is 3.77. The maximum absolute atomic E-state index is 10.5. The Balaban J connectivity index is 2.85. The van der Waals surface area contributed by atoms with Gasteiger partial charge in [0.1, 0.15) is 11.9 Å². The number of carboxylic acids is 1. The van der Waals surface area contributed by atoms with Crippen LogP contribution in [0, 0.1) is 0 Å². The Morgan fingerprint density at radius 1 is 1.69 bits per heavy atom. The van der Waals surface area contributed by atoms with Crippen LogP contribution < -0.4 is 11.1 Å². The van der Waals surface area contributed by atoms with Crippen molar-refractivity contribution in [2.75, 3.05) is 12.4 Å². The second kappa shape index (κ2) is 3.86. The minimum absolute atomic E-state index is 0.492. The van der Waals surface area contributed by atoms with Gasteiger partial charge in [0.25, 0.3) is 0 Å². The van der Waals surface area contributed by atoms with Crippen molar-refractivity contribution in [1.29, 1.82) is 0 Å². The summed E-state index contributed by atoms with van der Waals surface area (Å²) < 4.78 is 0. The molecule has 1 atom stereocenters. The highest BCUT2D eigenvalue weighted by Gasteiger charge is 2.13. The van der Waals surface area contributed by atoms with Crippen LogP contribution in [0.1, 0.15) is 11.6 Å². The third-order valence-electron chi connectivity index (χ3n) is 1.67. The second-order valence-corrected chi connectivity index (χ2v) is 2.54. The normalized spacial score (nSPS) is 12.2. The standard InChI is InChI=1S/C8H11N3O2/c1-10-6-3-2-5(4-11-6)7(9)8(12)13/h2-4,7H,9H2,1H3,(H,10,11)(H,12,13)/t7-/m1/s1. The van der Waals surface area contributed by atoms with Crippen molar-refractivity contribution in [1.82, 2.24) is 4.98 Å². The number of nitrogens with zero attached hydrogens (tertiary/aromatic N) is 1. The Morgan fingerprint density at radius 2 is 2.38 bits per heavy atom. The molecule has 13 heavy (non-hydrogen) atoms. The summed E-state index contributed by atoms with van der Waals surface area (Å²) in [5.41, 5.74) is 5.86. The summed E-state index contributed by atoms with van der Waals surface area (Å²) in [6, 6.07) is 2.31. The lowest BCUT2D eigenvalue weighted by Gasteiger charge is -2.06. The zero-order valence-corrected chi connectivity index (χ0v) is 7.19. The highest BCUT2D eigenvalue weighted by molar-refractivity contribution is 5.75. The van der Waals surface area contributed by atoms with E-state index in [4.69, 9.17) is 10.8 Å². The van der Waals surface area contributed by atoms with Crippen LogP contribution in [0.2, 0.25) is 0 Å². The van der Waals surface area contributed by atoms with E-state index in [1.54, 1.807) is 19.2 Å². The molecule has 0 aromatic carbocycles. The smallest absolute Gasteiger partial charge is 0.325 e. The highest BCUT2D eigenvalue weighted by atomic mass is 16.4. The lowest BCUT2D eigenvalue weighted by Crippen LogP contribution is -2.20. The maximum Gasteiger partial charge on any atom is 0.325 e. The zero-order valence-electron chi connectivity index (χ0n) is 7.19. The van der Waals surface area contributed by atoms with Crippen molar-refractivity contribution in [3.05, 3.63) is 23.9 Å². The molecular weight excluding hydrogens is 170 g/mol. The number of hydrogen-bond acceptors (Lipinski definition) is 4. The van der Waals surface area contributed by atoms with Crippen LogP contribution in [-0.2, 0) is 4.79 Å². The number of pyridine rings is 1. The van der Waals surface area contributed by atoms with Gasteiger partial charge in [-0.15, -0.1) is 0 Å². The van der Waals surface area contributed by atoms with Gasteiger partial charge in [-0.1, -0.05) is 6.07 Å². The second-order valence-electron chi connectivity index (χ2n) is 2.54. The molecule has 0 saturated heterocycles. The van der Waals surface area contributed by atoms with E-state index < -0.39 is 12.0 Å². The number of anilines is 1. The fourth-order valence-electron chi connectivity index (χ4n) is 0.880. The van der Waals surface area contributed by atoms with Crippen LogP contribution in [0.25, 0.3) is 0 Å². The van der Waals surface area contributed by atoms with Gasteiger partial charge in [-0.3, -0.25) is 4.79 Å². The molecule has 0 spiro atoms. The van der Waals surface area contributed by atoms with E-state index in [1.165, 1.54) is 6.20 Å². The third kappa shape index (κ3) is 2.16. The first-order valence-corrected chi connectivity index (χ1v) is 3.77. The fourth-order valence-corrected chi connectivity index (χ4v) is 0.880. The van der Waals surface area contributed by atoms with Crippen LogP contribution in [-0.4, -0.2) is 23.1 Å². The zero-order chi connectivity index (χ0) is 9.84. The number of carboxylic acid groups (broad SMARTS) is 1. The molecule has 0 radical (unpaired) electrons. The number of aromatic nitrogens is 1. The predicted octanol–water partition coefficient (Wildman–Crippen LogP) is 0.208. The van der Waals surface area contributed by atoms with E-state index in [9.17, 15) is 4.79 Å². The highest BCUT2D eigenvalue weighted by Crippen LogP contribution is 2.11. The van der Waals surface area contributed by atoms with Crippen molar-refractivity contribution in [2.45, 2.75) is 6.04 Å². The van der Waals surface area contributed by atoms with Crippen LogP contribution in [0.5, 0.6) is 0 Å². The molecule has 1 aromatic rings. The Hall–Kier alpha value is -1.62. The van der Waals surface area contributed by atoms with Gasteiger partial charge in [0.2, 0.25) is 0 Å². The molecule has 1 rings (SSSR count). The van der Waals surface area contributed by atoms with E-state index in [1.807, 2.05) is 0 Å². The average molecular weight is 181 g/mol. The lowest BCUT2D eigenvalue weighted by atomic mass is 10.1. The summed E-state index contributed by atoms with van der Waals surface area (Å²) in [7, 11) is 1.74. The number of hydrogen-bond donors (Lipinski definition) is 3. The first-order chi connectivity index (χ1) is 6.15. The Bertz CT molecular complexity index is 297. The van der Waals surface area contributed by atoms with Gasteiger partial charge in [0.05, 0.1) is 0 Å². The molecule has 1 heterocycles. The van der Waals surface area contributed by atoms with Crippen molar-refractivity contribution in [3.8, 4) is 0 Å². The molecule has 0 aliphatic carbocycles. The average Bonchev–Trinajstić information content (AvgIpc) is 2.17.